The summed E-state index contributed by atoms with van der Waals surface area (Å²) in [6, 6.07) is 3.39. The van der Waals surface area contributed by atoms with Crippen molar-refractivity contribution in [3.05, 3.63) is 35.9 Å². The van der Waals surface area contributed by atoms with Crippen LogP contribution in [0.5, 0.6) is 0 Å². The number of rotatable bonds is 5. The summed E-state index contributed by atoms with van der Waals surface area (Å²) in [7, 11) is 0. The van der Waals surface area contributed by atoms with Crippen LogP contribution in [0.1, 0.15) is 27.9 Å². The molecule has 0 aliphatic heterocycles. The number of amides is 1. The molecule has 0 aliphatic carbocycles. The van der Waals surface area contributed by atoms with Crippen molar-refractivity contribution in [2.45, 2.75) is 13.5 Å². The van der Waals surface area contributed by atoms with E-state index in [1.54, 1.807) is 12.1 Å². The number of anilines is 1. The van der Waals surface area contributed by atoms with Crippen LogP contribution in [0.2, 0.25) is 0 Å². The highest BCUT2D eigenvalue weighted by Gasteiger charge is 2.12. The number of fused-ring (bicyclic) bond motifs is 1. The molecule has 1 amide bonds. The first kappa shape index (κ1) is 14.9. The van der Waals surface area contributed by atoms with Gasteiger partial charge in [-0.3, -0.25) is 9.59 Å². The summed E-state index contributed by atoms with van der Waals surface area (Å²) in [6.07, 6.45) is 2.93. The summed E-state index contributed by atoms with van der Waals surface area (Å²) in [4.78, 5) is 30.5. The molecule has 23 heavy (non-hydrogen) atoms. The number of H-pyrrole nitrogens is 1. The van der Waals surface area contributed by atoms with Crippen LogP contribution in [-0.2, 0) is 6.54 Å². The van der Waals surface area contributed by atoms with Gasteiger partial charge >= 0.3 is 0 Å². The zero-order valence-electron chi connectivity index (χ0n) is 12.3. The molecule has 0 spiro atoms. The van der Waals surface area contributed by atoms with Gasteiger partial charge in [0.25, 0.3) is 5.91 Å². The summed E-state index contributed by atoms with van der Waals surface area (Å²) in [5.41, 5.74) is 1.65. The predicted octanol–water partition coefficient (Wildman–Crippen LogP) is 0.602. The van der Waals surface area contributed by atoms with Crippen molar-refractivity contribution in [3.8, 4) is 0 Å². The second-order valence-electron chi connectivity index (χ2n) is 4.95. The van der Waals surface area contributed by atoms with Gasteiger partial charge in [-0.15, -0.1) is 5.10 Å². The van der Waals surface area contributed by atoms with Gasteiger partial charge in [-0.2, -0.15) is 0 Å². The van der Waals surface area contributed by atoms with Gasteiger partial charge in [-0.25, -0.2) is 9.67 Å². The molecule has 3 rings (SSSR count). The SMILES string of the molecule is CC(=O)c1cc2cc(NC(=O)c3cn(CCO)nn3)cnc2[nH]1. The maximum Gasteiger partial charge on any atom is 0.277 e. The van der Waals surface area contributed by atoms with E-state index in [1.807, 2.05) is 0 Å². The van der Waals surface area contributed by atoms with Crippen molar-refractivity contribution in [2.24, 2.45) is 0 Å². The van der Waals surface area contributed by atoms with E-state index in [9.17, 15) is 9.59 Å². The number of Topliss-reactive ketones (excluding diaryl/α,β-unsaturated/α-hetero) is 1. The highest BCUT2D eigenvalue weighted by Crippen LogP contribution is 2.18. The molecule has 0 atom stereocenters. The number of pyridine rings is 1. The lowest BCUT2D eigenvalue weighted by Gasteiger charge is -2.02. The lowest BCUT2D eigenvalue weighted by molar-refractivity contribution is 0.100. The number of aliphatic hydroxyl groups is 1. The molecule has 3 aromatic rings. The van der Waals surface area contributed by atoms with E-state index < -0.39 is 5.91 Å². The van der Waals surface area contributed by atoms with Crippen LogP contribution in [0.4, 0.5) is 5.69 Å². The molecule has 9 nitrogen and oxygen atoms in total. The summed E-state index contributed by atoms with van der Waals surface area (Å²) in [5, 5.41) is 19.7. The van der Waals surface area contributed by atoms with Crippen molar-refractivity contribution < 1.29 is 14.7 Å². The van der Waals surface area contributed by atoms with Crippen molar-refractivity contribution in [3.63, 3.8) is 0 Å². The molecule has 0 bridgehead atoms. The molecule has 0 fully saturated rings. The fourth-order valence-electron chi connectivity index (χ4n) is 2.08. The monoisotopic (exact) mass is 314 g/mol. The van der Waals surface area contributed by atoms with E-state index in [4.69, 9.17) is 5.11 Å². The van der Waals surface area contributed by atoms with Crippen LogP contribution in [-0.4, -0.2) is 48.4 Å². The average molecular weight is 314 g/mol. The normalized spacial score (nSPS) is 10.9. The minimum Gasteiger partial charge on any atom is -0.394 e. The Morgan fingerprint density at radius 3 is 2.96 bits per heavy atom. The number of aliphatic hydroxyl groups excluding tert-OH is 1. The Kier molecular flexibility index (Phi) is 3.85. The van der Waals surface area contributed by atoms with Crippen LogP contribution in [0, 0.1) is 0 Å². The van der Waals surface area contributed by atoms with E-state index in [-0.39, 0.29) is 24.6 Å². The van der Waals surface area contributed by atoms with Crippen molar-refractivity contribution in [1.29, 1.82) is 0 Å². The van der Waals surface area contributed by atoms with Crippen molar-refractivity contribution >= 4 is 28.4 Å². The van der Waals surface area contributed by atoms with Crippen LogP contribution < -0.4 is 5.32 Å². The largest absolute Gasteiger partial charge is 0.394 e. The Morgan fingerprint density at radius 1 is 1.39 bits per heavy atom. The fraction of sp³-hybridized carbons (Fsp3) is 0.214. The topological polar surface area (TPSA) is 126 Å². The van der Waals surface area contributed by atoms with Gasteiger partial charge in [-0.05, 0) is 12.1 Å². The van der Waals surface area contributed by atoms with E-state index in [1.165, 1.54) is 24.0 Å². The third-order valence-corrected chi connectivity index (χ3v) is 3.21. The number of carbonyl (C=O) groups excluding carboxylic acids is 2. The maximum atomic E-state index is 12.1. The van der Waals surface area contributed by atoms with Crippen LogP contribution in [0.25, 0.3) is 11.0 Å². The molecular formula is C14H14N6O3. The molecule has 3 N–H and O–H groups in total. The first-order valence-corrected chi connectivity index (χ1v) is 6.89. The smallest absolute Gasteiger partial charge is 0.277 e. The number of aromatic nitrogens is 5. The molecule has 0 radical (unpaired) electrons. The molecule has 0 aliphatic rings. The number of ketones is 1. The molecule has 0 saturated carbocycles. The van der Waals surface area contributed by atoms with Gasteiger partial charge in [0.05, 0.1) is 36.9 Å². The third-order valence-electron chi connectivity index (χ3n) is 3.21. The first-order chi connectivity index (χ1) is 11.1. The Hall–Kier alpha value is -3.07. The number of aromatic amines is 1. The molecule has 9 heteroatoms. The fourth-order valence-corrected chi connectivity index (χ4v) is 2.08. The Balaban J connectivity index is 1.79. The number of carbonyl (C=O) groups is 2. The maximum absolute atomic E-state index is 12.1. The zero-order chi connectivity index (χ0) is 16.4. The summed E-state index contributed by atoms with van der Waals surface area (Å²) < 4.78 is 1.38. The summed E-state index contributed by atoms with van der Waals surface area (Å²) >= 11 is 0. The van der Waals surface area contributed by atoms with Crippen molar-refractivity contribution in [1.82, 2.24) is 25.0 Å². The molecule has 3 aromatic heterocycles. The standard InChI is InChI=1S/C14H14N6O3/c1-8(22)11-5-9-4-10(6-15-13(9)17-11)16-14(23)12-7-20(2-3-21)19-18-12/h4-7,21H,2-3H2,1H3,(H,15,17)(H,16,23). The predicted molar refractivity (Wildman–Crippen MR) is 81.2 cm³/mol. The number of nitrogens with zero attached hydrogens (tertiary/aromatic N) is 4. The number of hydrogen-bond acceptors (Lipinski definition) is 6. The highest BCUT2D eigenvalue weighted by molar-refractivity contribution is 6.03. The van der Waals surface area contributed by atoms with E-state index >= 15 is 0 Å². The molecule has 0 saturated heterocycles. The molecule has 118 valence electrons. The number of nitrogens with one attached hydrogen (secondary N) is 2. The molecule has 0 unspecified atom stereocenters. The highest BCUT2D eigenvalue weighted by atomic mass is 16.3. The minimum atomic E-state index is -0.433. The van der Waals surface area contributed by atoms with Crippen LogP contribution >= 0.6 is 0 Å². The van der Waals surface area contributed by atoms with Crippen LogP contribution in [0.15, 0.2) is 24.5 Å². The van der Waals surface area contributed by atoms with Crippen molar-refractivity contribution in [2.75, 3.05) is 11.9 Å². The number of hydrogen-bond donors (Lipinski definition) is 3. The summed E-state index contributed by atoms with van der Waals surface area (Å²) in [6.45, 7) is 1.64. The van der Waals surface area contributed by atoms with Gasteiger partial charge in [0.1, 0.15) is 5.65 Å². The summed E-state index contributed by atoms with van der Waals surface area (Å²) in [5.74, 6) is -0.522. The quantitative estimate of drug-likeness (QED) is 0.592. The Bertz CT molecular complexity index is 882. The van der Waals surface area contributed by atoms with Gasteiger partial charge in [-0.1, -0.05) is 5.21 Å². The molecule has 3 heterocycles. The van der Waals surface area contributed by atoms with Gasteiger partial charge < -0.3 is 15.4 Å². The van der Waals surface area contributed by atoms with Gasteiger partial charge in [0, 0.05) is 12.3 Å². The Labute approximate surface area is 130 Å². The second kappa shape index (κ2) is 5.97. The van der Waals surface area contributed by atoms with E-state index in [0.717, 1.165) is 5.39 Å². The van der Waals surface area contributed by atoms with E-state index in [0.29, 0.717) is 17.0 Å². The van der Waals surface area contributed by atoms with Crippen LogP contribution in [0.3, 0.4) is 0 Å². The second-order valence-corrected chi connectivity index (χ2v) is 4.95. The van der Waals surface area contributed by atoms with Gasteiger partial charge in [0.15, 0.2) is 11.5 Å². The lowest BCUT2D eigenvalue weighted by Crippen LogP contribution is -2.12. The third kappa shape index (κ3) is 3.09. The average Bonchev–Trinajstić information content (AvgIpc) is 3.13. The van der Waals surface area contributed by atoms with E-state index in [2.05, 4.69) is 25.6 Å². The van der Waals surface area contributed by atoms with Gasteiger partial charge in [0.2, 0.25) is 0 Å². The molecule has 0 aromatic carbocycles. The zero-order valence-corrected chi connectivity index (χ0v) is 12.3. The Morgan fingerprint density at radius 2 is 2.22 bits per heavy atom. The lowest BCUT2D eigenvalue weighted by atomic mass is 10.2. The molecular weight excluding hydrogens is 300 g/mol. The first-order valence-electron chi connectivity index (χ1n) is 6.89. The minimum absolute atomic E-state index is 0.0863.